The Morgan fingerprint density at radius 1 is 1.41 bits per heavy atom. The molecular weight excluding hydrogens is 398 g/mol. The number of nitrogens with zero attached hydrogens (tertiary/aromatic N) is 1. The molecule has 1 heterocycles. The fraction of sp³-hybridized carbons (Fsp3) is 0.789. The average molecular weight is 432 g/mol. The lowest BCUT2D eigenvalue weighted by Gasteiger charge is -2.29. The summed E-state index contributed by atoms with van der Waals surface area (Å²) in [5.41, 5.74) is 0. The topological polar surface area (TPSA) is 114 Å². The lowest BCUT2D eigenvalue weighted by molar-refractivity contribution is -0.155. The minimum Gasteiger partial charge on any atom is -0.467 e. The van der Waals surface area contributed by atoms with Gasteiger partial charge in [0.2, 0.25) is 18.2 Å². The summed E-state index contributed by atoms with van der Waals surface area (Å²) in [6, 6.07) is -2.59. The monoisotopic (exact) mass is 431 g/mol. The lowest BCUT2D eigenvalue weighted by atomic mass is 10.1. The van der Waals surface area contributed by atoms with E-state index in [4.69, 9.17) is 9.47 Å². The van der Waals surface area contributed by atoms with Gasteiger partial charge in [-0.2, -0.15) is 11.8 Å². The number of rotatable bonds is 14. The van der Waals surface area contributed by atoms with Crippen molar-refractivity contribution in [1.29, 1.82) is 0 Å². The highest BCUT2D eigenvalue weighted by atomic mass is 32.2. The largest absolute Gasteiger partial charge is 0.467 e. The maximum atomic E-state index is 13.0. The van der Waals surface area contributed by atoms with E-state index in [0.29, 0.717) is 31.6 Å². The van der Waals surface area contributed by atoms with Crippen LogP contribution in [0.4, 0.5) is 0 Å². The van der Waals surface area contributed by atoms with E-state index >= 15 is 0 Å². The van der Waals surface area contributed by atoms with Crippen LogP contribution < -0.4 is 10.6 Å². The molecule has 0 radical (unpaired) electrons. The van der Waals surface area contributed by atoms with Gasteiger partial charge in [0.25, 0.3) is 0 Å². The fourth-order valence-corrected chi connectivity index (χ4v) is 3.73. The van der Waals surface area contributed by atoms with Gasteiger partial charge in [-0.25, -0.2) is 4.79 Å². The number of carbonyl (C=O) groups is 4. The van der Waals surface area contributed by atoms with Crippen molar-refractivity contribution in [2.45, 2.75) is 63.7 Å². The third-order valence-corrected chi connectivity index (χ3v) is 5.49. The number of nitrogens with one attached hydrogen (secondary N) is 2. The summed E-state index contributed by atoms with van der Waals surface area (Å²) < 4.78 is 10.4. The van der Waals surface area contributed by atoms with Crippen LogP contribution in [-0.4, -0.2) is 85.6 Å². The molecule has 1 rings (SSSR count). The van der Waals surface area contributed by atoms with Crippen LogP contribution in [0.25, 0.3) is 0 Å². The number of hydrogen-bond donors (Lipinski definition) is 2. The van der Waals surface area contributed by atoms with E-state index in [0.717, 1.165) is 12.8 Å². The van der Waals surface area contributed by atoms with Crippen LogP contribution in [0.2, 0.25) is 0 Å². The Balaban J connectivity index is 2.81. The Bertz CT molecular complexity index is 562. The Morgan fingerprint density at radius 3 is 2.72 bits per heavy atom. The van der Waals surface area contributed by atoms with Gasteiger partial charge in [-0.3, -0.25) is 14.4 Å². The van der Waals surface area contributed by atoms with E-state index < -0.39 is 30.0 Å². The van der Waals surface area contributed by atoms with Crippen molar-refractivity contribution < 1.29 is 28.7 Å². The van der Waals surface area contributed by atoms with Gasteiger partial charge in [0, 0.05) is 12.6 Å². The molecule has 10 heteroatoms. The lowest BCUT2D eigenvalue weighted by Crippen LogP contribution is -2.53. The van der Waals surface area contributed by atoms with Gasteiger partial charge in [0.05, 0.1) is 13.7 Å². The number of methoxy groups -OCH3 is 1. The number of esters is 1. The molecular formula is C19H33N3O6S. The van der Waals surface area contributed by atoms with E-state index in [1.807, 2.05) is 20.1 Å². The smallest absolute Gasteiger partial charge is 0.331 e. The first kappa shape index (κ1) is 25.2. The van der Waals surface area contributed by atoms with Gasteiger partial charge >= 0.3 is 5.97 Å². The highest BCUT2D eigenvalue weighted by Gasteiger charge is 2.44. The zero-order chi connectivity index (χ0) is 21.8. The first-order chi connectivity index (χ1) is 13.9. The van der Waals surface area contributed by atoms with Crippen molar-refractivity contribution in [2.24, 2.45) is 0 Å². The molecule has 166 valence electrons. The molecule has 3 amide bonds. The summed E-state index contributed by atoms with van der Waals surface area (Å²) in [7, 11) is 1.27. The van der Waals surface area contributed by atoms with Crippen LogP contribution in [0.15, 0.2) is 0 Å². The molecule has 0 spiro atoms. The van der Waals surface area contributed by atoms with Crippen molar-refractivity contribution in [2.75, 3.05) is 32.3 Å². The van der Waals surface area contributed by atoms with Crippen LogP contribution >= 0.6 is 11.8 Å². The number of likely N-dealkylation sites (tertiary alicyclic amines) is 1. The number of hydrogen-bond acceptors (Lipinski definition) is 7. The van der Waals surface area contributed by atoms with E-state index in [1.165, 1.54) is 12.0 Å². The van der Waals surface area contributed by atoms with Crippen molar-refractivity contribution in [3.8, 4) is 0 Å². The average Bonchev–Trinajstić information content (AvgIpc) is 2.97. The van der Waals surface area contributed by atoms with Crippen LogP contribution in [-0.2, 0) is 28.7 Å². The van der Waals surface area contributed by atoms with Crippen LogP contribution in [0.3, 0.4) is 0 Å². The van der Waals surface area contributed by atoms with Gasteiger partial charge in [0.15, 0.2) is 6.04 Å². The van der Waals surface area contributed by atoms with Crippen LogP contribution in [0.1, 0.15) is 39.5 Å². The number of ether oxygens (including phenoxy) is 2. The Kier molecular flexibility index (Phi) is 11.7. The standard InChI is InChI=1S/C19H33N3O6S/c1-5-6-8-28-11-16(19(26)27-3)22-13(2)10-15(18(22)25)21-17(24)14(20-12-23)7-9-29-4/h12-16H,5-11H2,1-4H3,(H,20,23)(H,21,24)/t13?,14-,15-,16-/m0/s1. The maximum Gasteiger partial charge on any atom is 0.331 e. The predicted molar refractivity (Wildman–Crippen MR) is 110 cm³/mol. The first-order valence-electron chi connectivity index (χ1n) is 9.87. The molecule has 1 aliphatic heterocycles. The summed E-state index contributed by atoms with van der Waals surface area (Å²) >= 11 is 1.56. The highest BCUT2D eigenvalue weighted by Crippen LogP contribution is 2.23. The molecule has 0 aromatic rings. The van der Waals surface area contributed by atoms with Crippen molar-refractivity contribution in [3.05, 3.63) is 0 Å². The molecule has 29 heavy (non-hydrogen) atoms. The predicted octanol–water partition coefficient (Wildman–Crippen LogP) is 0.318. The second-order valence-electron chi connectivity index (χ2n) is 6.98. The number of carbonyl (C=O) groups excluding carboxylic acids is 4. The number of unbranched alkanes of at least 4 members (excludes halogenated alkanes) is 1. The minimum atomic E-state index is -0.860. The Morgan fingerprint density at radius 2 is 2.14 bits per heavy atom. The summed E-state index contributed by atoms with van der Waals surface area (Å²) in [5, 5.41) is 5.21. The van der Waals surface area contributed by atoms with Gasteiger partial charge in [0.1, 0.15) is 12.1 Å². The summed E-state index contributed by atoms with van der Waals surface area (Å²) in [6.45, 7) is 4.40. The van der Waals surface area contributed by atoms with Gasteiger partial charge in [-0.05, 0) is 38.2 Å². The molecule has 0 saturated carbocycles. The van der Waals surface area contributed by atoms with Crippen LogP contribution in [0, 0.1) is 0 Å². The van der Waals surface area contributed by atoms with E-state index in [2.05, 4.69) is 10.6 Å². The molecule has 0 aromatic heterocycles. The number of thioether (sulfide) groups is 1. The fourth-order valence-electron chi connectivity index (χ4n) is 3.25. The first-order valence-corrected chi connectivity index (χ1v) is 11.3. The Labute approximate surface area is 176 Å². The zero-order valence-electron chi connectivity index (χ0n) is 17.6. The highest BCUT2D eigenvalue weighted by molar-refractivity contribution is 7.98. The molecule has 2 N–H and O–H groups in total. The molecule has 9 nitrogen and oxygen atoms in total. The molecule has 4 atom stereocenters. The second kappa shape index (κ2) is 13.4. The molecule has 1 saturated heterocycles. The number of amides is 3. The third kappa shape index (κ3) is 7.50. The van der Waals surface area contributed by atoms with E-state index in [9.17, 15) is 19.2 Å². The summed E-state index contributed by atoms with van der Waals surface area (Å²) in [4.78, 5) is 50.0. The molecule has 0 aromatic carbocycles. The zero-order valence-corrected chi connectivity index (χ0v) is 18.5. The quantitative estimate of drug-likeness (QED) is 0.231. The van der Waals surface area contributed by atoms with Crippen molar-refractivity contribution >= 4 is 36.0 Å². The summed E-state index contributed by atoms with van der Waals surface area (Å²) in [5.74, 6) is -0.615. The van der Waals surface area contributed by atoms with E-state index in [1.54, 1.807) is 11.8 Å². The molecule has 0 bridgehead atoms. The summed E-state index contributed by atoms with van der Waals surface area (Å²) in [6.07, 6.45) is 5.04. The molecule has 0 aliphatic carbocycles. The molecule has 1 aliphatic rings. The van der Waals surface area contributed by atoms with Gasteiger partial charge in [-0.1, -0.05) is 13.3 Å². The Hall–Kier alpha value is -1.81. The van der Waals surface area contributed by atoms with Crippen molar-refractivity contribution in [1.82, 2.24) is 15.5 Å². The van der Waals surface area contributed by atoms with Gasteiger partial charge in [-0.15, -0.1) is 0 Å². The molecule has 1 unspecified atom stereocenters. The van der Waals surface area contributed by atoms with Crippen molar-refractivity contribution in [3.63, 3.8) is 0 Å². The second-order valence-corrected chi connectivity index (χ2v) is 7.96. The SMILES string of the molecule is CCCCOC[C@@H](C(=O)OC)N1C(=O)[C@@H](NC(=O)[C@H](CCSC)NC=O)CC1C. The normalized spacial score (nSPS) is 20.8. The maximum absolute atomic E-state index is 13.0. The van der Waals surface area contributed by atoms with Gasteiger partial charge < -0.3 is 25.0 Å². The van der Waals surface area contributed by atoms with E-state index in [-0.39, 0.29) is 18.6 Å². The minimum absolute atomic E-state index is 0.0481. The third-order valence-electron chi connectivity index (χ3n) is 4.84. The molecule has 1 fully saturated rings. The van der Waals surface area contributed by atoms with Crippen LogP contribution in [0.5, 0.6) is 0 Å².